The molecule has 0 bridgehead atoms. The summed E-state index contributed by atoms with van der Waals surface area (Å²) in [5, 5.41) is 4.94. The van der Waals surface area contributed by atoms with Crippen LogP contribution < -0.4 is 0 Å². The summed E-state index contributed by atoms with van der Waals surface area (Å²) in [5.74, 6) is 0.702. The summed E-state index contributed by atoms with van der Waals surface area (Å²) < 4.78 is 4.78. The van der Waals surface area contributed by atoms with Crippen LogP contribution in [0.2, 0.25) is 0 Å². The van der Waals surface area contributed by atoms with E-state index in [0.29, 0.717) is 5.82 Å². The maximum Gasteiger partial charge on any atom is 0.160 e. The van der Waals surface area contributed by atoms with Gasteiger partial charge >= 0.3 is 0 Å². The van der Waals surface area contributed by atoms with Gasteiger partial charge in [0.1, 0.15) is 0 Å². The van der Waals surface area contributed by atoms with E-state index >= 15 is 0 Å². The van der Waals surface area contributed by atoms with Crippen molar-refractivity contribution in [2.24, 2.45) is 0 Å². The quantitative estimate of drug-likeness (QED) is 0.172. The molecular formula is C52H34N4. The Morgan fingerprint density at radius 2 is 0.696 bits per heavy atom. The van der Waals surface area contributed by atoms with Gasteiger partial charge in [0.15, 0.2) is 5.82 Å². The van der Waals surface area contributed by atoms with Crippen LogP contribution in [0, 0.1) is 0 Å². The maximum absolute atomic E-state index is 5.10. The molecule has 0 saturated carbocycles. The Morgan fingerprint density at radius 1 is 0.268 bits per heavy atom. The Kier molecular flexibility index (Phi) is 7.46. The predicted molar refractivity (Wildman–Crippen MR) is 232 cm³/mol. The van der Waals surface area contributed by atoms with E-state index < -0.39 is 0 Å². The third-order valence-electron chi connectivity index (χ3n) is 10.9. The van der Waals surface area contributed by atoms with E-state index in [1.54, 1.807) is 0 Å². The molecule has 0 N–H and O–H groups in total. The van der Waals surface area contributed by atoms with Crippen LogP contribution in [-0.2, 0) is 0 Å². The van der Waals surface area contributed by atoms with E-state index in [2.05, 4.69) is 203 Å². The standard InChI is InChI=1S/C52H34N4/c1-3-15-35(16-4-1)46-34-47(36-17-5-2-6-18-36)54-52(53-46)39-20-13-19-37(31-39)38-29-30-51-45(32-38)44-25-9-12-28-50(44)56(51)41-22-14-21-40(33-41)55-48-26-10-7-23-42(48)43-24-8-11-27-49(43)55/h1-34H. The minimum absolute atomic E-state index is 0.702. The van der Waals surface area contributed by atoms with E-state index in [1.165, 1.54) is 38.1 Å². The highest BCUT2D eigenvalue weighted by Crippen LogP contribution is 2.38. The molecule has 262 valence electrons. The summed E-state index contributed by atoms with van der Waals surface area (Å²) in [7, 11) is 0. The van der Waals surface area contributed by atoms with Crippen LogP contribution in [0.3, 0.4) is 0 Å². The normalized spacial score (nSPS) is 11.6. The Bertz CT molecular complexity index is 3140. The second-order valence-electron chi connectivity index (χ2n) is 14.2. The monoisotopic (exact) mass is 714 g/mol. The number of benzene rings is 8. The van der Waals surface area contributed by atoms with Crippen LogP contribution >= 0.6 is 0 Å². The fourth-order valence-corrected chi connectivity index (χ4v) is 8.33. The maximum atomic E-state index is 5.10. The van der Waals surface area contributed by atoms with Crippen molar-refractivity contribution in [3.05, 3.63) is 206 Å². The summed E-state index contributed by atoms with van der Waals surface area (Å²) in [6.45, 7) is 0. The summed E-state index contributed by atoms with van der Waals surface area (Å²) in [4.78, 5) is 10.2. The lowest BCUT2D eigenvalue weighted by Gasteiger charge is -2.13. The second kappa shape index (κ2) is 13.1. The molecule has 8 aromatic carbocycles. The number of para-hydroxylation sites is 3. The third kappa shape index (κ3) is 5.31. The van der Waals surface area contributed by atoms with Gasteiger partial charge in [-0.2, -0.15) is 0 Å². The van der Waals surface area contributed by atoms with E-state index in [0.717, 1.165) is 56.1 Å². The summed E-state index contributed by atoms with van der Waals surface area (Å²) >= 11 is 0. The van der Waals surface area contributed by atoms with E-state index in [9.17, 15) is 0 Å². The van der Waals surface area contributed by atoms with Crippen molar-refractivity contribution < 1.29 is 0 Å². The molecule has 0 atom stereocenters. The summed E-state index contributed by atoms with van der Waals surface area (Å²) in [6, 6.07) is 73.2. The van der Waals surface area contributed by atoms with Gasteiger partial charge in [-0.1, -0.05) is 146 Å². The van der Waals surface area contributed by atoms with Crippen molar-refractivity contribution in [3.63, 3.8) is 0 Å². The van der Waals surface area contributed by atoms with Crippen LogP contribution in [0.5, 0.6) is 0 Å². The number of hydrogen-bond acceptors (Lipinski definition) is 2. The summed E-state index contributed by atoms with van der Waals surface area (Å²) in [5.41, 5.74) is 14.1. The Labute approximate surface area is 324 Å². The molecular weight excluding hydrogens is 681 g/mol. The predicted octanol–water partition coefficient (Wildman–Crippen LogP) is 13.3. The molecule has 11 rings (SSSR count). The molecule has 0 amide bonds. The third-order valence-corrected chi connectivity index (χ3v) is 10.9. The molecule has 0 unspecified atom stereocenters. The molecule has 0 aliphatic carbocycles. The van der Waals surface area contributed by atoms with E-state index in [1.807, 2.05) is 12.1 Å². The van der Waals surface area contributed by atoms with Gasteiger partial charge in [0, 0.05) is 49.6 Å². The molecule has 11 aromatic rings. The molecule has 4 heteroatoms. The smallest absolute Gasteiger partial charge is 0.160 e. The van der Waals surface area contributed by atoms with Crippen molar-refractivity contribution >= 4 is 43.6 Å². The van der Waals surface area contributed by atoms with Crippen molar-refractivity contribution in [1.82, 2.24) is 19.1 Å². The lowest BCUT2D eigenvalue weighted by atomic mass is 10.00. The lowest BCUT2D eigenvalue weighted by molar-refractivity contribution is 1.13. The van der Waals surface area contributed by atoms with Gasteiger partial charge < -0.3 is 9.13 Å². The number of hydrogen-bond donors (Lipinski definition) is 0. The van der Waals surface area contributed by atoms with E-state index in [4.69, 9.17) is 9.97 Å². The molecule has 0 spiro atoms. The van der Waals surface area contributed by atoms with Gasteiger partial charge in [0.2, 0.25) is 0 Å². The minimum Gasteiger partial charge on any atom is -0.309 e. The first-order valence-electron chi connectivity index (χ1n) is 19.0. The van der Waals surface area contributed by atoms with Gasteiger partial charge in [-0.3, -0.25) is 0 Å². The average Bonchev–Trinajstić information content (AvgIpc) is 3.80. The molecule has 0 aliphatic heterocycles. The van der Waals surface area contributed by atoms with Crippen molar-refractivity contribution in [3.8, 4) is 56.4 Å². The Balaban J connectivity index is 1.03. The fraction of sp³-hybridized carbons (Fsp3) is 0. The molecule has 0 saturated heterocycles. The van der Waals surface area contributed by atoms with Crippen molar-refractivity contribution in [2.75, 3.05) is 0 Å². The summed E-state index contributed by atoms with van der Waals surface area (Å²) in [6.07, 6.45) is 0. The van der Waals surface area contributed by atoms with Gasteiger partial charge in [-0.15, -0.1) is 0 Å². The fourth-order valence-electron chi connectivity index (χ4n) is 8.33. The van der Waals surface area contributed by atoms with E-state index in [-0.39, 0.29) is 0 Å². The minimum atomic E-state index is 0.702. The number of aromatic nitrogens is 4. The van der Waals surface area contributed by atoms with Gasteiger partial charge in [0.05, 0.1) is 33.5 Å². The van der Waals surface area contributed by atoms with Crippen LogP contribution in [0.25, 0.3) is 100 Å². The van der Waals surface area contributed by atoms with Gasteiger partial charge in [-0.25, -0.2) is 9.97 Å². The first kappa shape index (κ1) is 31.9. The lowest BCUT2D eigenvalue weighted by Crippen LogP contribution is -1.98. The van der Waals surface area contributed by atoms with Gasteiger partial charge in [-0.05, 0) is 71.8 Å². The van der Waals surface area contributed by atoms with Crippen molar-refractivity contribution in [1.29, 1.82) is 0 Å². The molecule has 56 heavy (non-hydrogen) atoms. The van der Waals surface area contributed by atoms with Crippen LogP contribution in [0.1, 0.15) is 0 Å². The van der Waals surface area contributed by atoms with Gasteiger partial charge in [0.25, 0.3) is 0 Å². The average molecular weight is 715 g/mol. The molecule has 0 radical (unpaired) electrons. The first-order valence-corrected chi connectivity index (χ1v) is 19.0. The Hall–Kier alpha value is -7.56. The highest BCUT2D eigenvalue weighted by Gasteiger charge is 2.17. The topological polar surface area (TPSA) is 35.6 Å². The Morgan fingerprint density at radius 3 is 1.27 bits per heavy atom. The molecule has 3 heterocycles. The van der Waals surface area contributed by atoms with Crippen molar-refractivity contribution in [2.45, 2.75) is 0 Å². The van der Waals surface area contributed by atoms with Crippen LogP contribution in [-0.4, -0.2) is 19.1 Å². The molecule has 4 nitrogen and oxygen atoms in total. The molecule has 0 fully saturated rings. The molecule has 0 aliphatic rings. The number of rotatable bonds is 6. The molecule has 3 aromatic heterocycles. The number of nitrogens with zero attached hydrogens (tertiary/aromatic N) is 4. The zero-order valence-corrected chi connectivity index (χ0v) is 30.4. The van der Waals surface area contributed by atoms with Crippen LogP contribution in [0.4, 0.5) is 0 Å². The highest BCUT2D eigenvalue weighted by atomic mass is 15.0. The highest BCUT2D eigenvalue weighted by molar-refractivity contribution is 6.11. The largest absolute Gasteiger partial charge is 0.309 e. The zero-order valence-electron chi connectivity index (χ0n) is 30.4. The SMILES string of the molecule is c1ccc(-c2cc(-c3ccccc3)nc(-c3cccc(-c4ccc5c(c4)c4ccccc4n5-c4cccc(-n5c6ccccc6c6ccccc65)c4)c3)n2)cc1. The first-order chi connectivity index (χ1) is 27.8. The van der Waals surface area contributed by atoms with Crippen LogP contribution in [0.15, 0.2) is 206 Å². The second-order valence-corrected chi connectivity index (χ2v) is 14.2. The zero-order chi connectivity index (χ0) is 37.0. The number of fused-ring (bicyclic) bond motifs is 6.